The average Bonchev–Trinajstić information content (AvgIpc) is 3.08. The number of rotatable bonds is 4. The van der Waals surface area contributed by atoms with E-state index in [4.69, 9.17) is 11.6 Å². The van der Waals surface area contributed by atoms with Crippen LogP contribution in [0.2, 0.25) is 5.02 Å². The van der Waals surface area contributed by atoms with Crippen molar-refractivity contribution in [1.82, 2.24) is 4.83 Å². The minimum absolute atomic E-state index is 0.177. The maximum Gasteiger partial charge on any atom is 0.276 e. The molecule has 21 heavy (non-hydrogen) atoms. The summed E-state index contributed by atoms with van der Waals surface area (Å²) < 4.78 is 24.3. The zero-order chi connectivity index (χ0) is 15.0. The Morgan fingerprint density at radius 3 is 2.52 bits per heavy atom. The second-order valence-corrected chi connectivity index (χ2v) is 8.18. The summed E-state index contributed by atoms with van der Waals surface area (Å²) >= 11 is 5.77. The fourth-order valence-electron chi connectivity index (χ4n) is 3.64. The molecule has 0 unspecified atom stereocenters. The molecule has 1 aromatic rings. The molecule has 2 aliphatic rings. The van der Waals surface area contributed by atoms with Crippen molar-refractivity contribution in [1.29, 1.82) is 0 Å². The predicted molar refractivity (Wildman–Crippen MR) is 83.8 cm³/mol. The summed E-state index contributed by atoms with van der Waals surface area (Å²) in [5, 5.41) is 4.65. The topological polar surface area (TPSA) is 58.5 Å². The third-order valence-corrected chi connectivity index (χ3v) is 6.22. The molecule has 0 amide bonds. The van der Waals surface area contributed by atoms with Crippen LogP contribution in [0, 0.1) is 17.8 Å². The van der Waals surface area contributed by atoms with E-state index in [0.29, 0.717) is 16.9 Å². The second kappa shape index (κ2) is 5.61. The number of hydrogen-bond acceptors (Lipinski definition) is 3. The molecule has 1 N–H and O–H groups in total. The van der Waals surface area contributed by atoms with Gasteiger partial charge in [0.2, 0.25) is 0 Å². The molecule has 0 aromatic heterocycles. The van der Waals surface area contributed by atoms with Crippen molar-refractivity contribution in [3.63, 3.8) is 0 Å². The average molecular weight is 327 g/mol. The van der Waals surface area contributed by atoms with Gasteiger partial charge in [-0.25, -0.2) is 4.83 Å². The lowest BCUT2D eigenvalue weighted by Gasteiger charge is -2.21. The van der Waals surface area contributed by atoms with Crippen LogP contribution in [0.1, 0.15) is 32.6 Å². The molecule has 2 aliphatic carbocycles. The van der Waals surface area contributed by atoms with E-state index in [2.05, 4.69) is 9.93 Å². The van der Waals surface area contributed by atoms with E-state index in [0.717, 1.165) is 18.1 Å². The van der Waals surface area contributed by atoms with Crippen molar-refractivity contribution in [3.05, 3.63) is 29.3 Å². The molecule has 2 fully saturated rings. The summed E-state index contributed by atoms with van der Waals surface area (Å²) in [6.07, 6.45) is 5.02. The number of sulfonamides is 1. The molecule has 2 saturated carbocycles. The molecule has 0 radical (unpaired) electrons. The first-order valence-corrected chi connectivity index (χ1v) is 9.13. The Hall–Kier alpha value is -1.07. The number of halogens is 1. The number of nitrogens with one attached hydrogen (secondary N) is 1. The monoisotopic (exact) mass is 326 g/mol. The van der Waals surface area contributed by atoms with Crippen molar-refractivity contribution < 1.29 is 8.42 Å². The van der Waals surface area contributed by atoms with Gasteiger partial charge in [-0.15, -0.1) is 0 Å². The Morgan fingerprint density at radius 2 is 1.95 bits per heavy atom. The van der Waals surface area contributed by atoms with Gasteiger partial charge >= 0.3 is 0 Å². The van der Waals surface area contributed by atoms with E-state index >= 15 is 0 Å². The molecule has 3 rings (SSSR count). The maximum atomic E-state index is 12.2. The van der Waals surface area contributed by atoms with Gasteiger partial charge in [-0.3, -0.25) is 0 Å². The highest BCUT2D eigenvalue weighted by Crippen LogP contribution is 2.48. The third kappa shape index (κ3) is 3.09. The largest absolute Gasteiger partial charge is 0.276 e. The molecule has 2 bridgehead atoms. The Bertz CT molecular complexity index is 655. The molecule has 0 aliphatic heterocycles. The molecule has 1 aromatic carbocycles. The minimum Gasteiger partial charge on any atom is -0.200 e. The summed E-state index contributed by atoms with van der Waals surface area (Å²) in [6.45, 7) is 1.93. The standard InChI is InChI=1S/C15H19ClN2O2S/c1-10(15-9-11-2-3-12(15)8-11)17-18-21(19,20)14-6-4-13(16)5-7-14/h4-7,11-12,15,18H,2-3,8-9H2,1H3/b17-10-/t11-,12-,15+/m1/s1. The van der Waals surface area contributed by atoms with Crippen LogP contribution in [-0.4, -0.2) is 14.1 Å². The van der Waals surface area contributed by atoms with Crippen molar-refractivity contribution in [2.75, 3.05) is 0 Å². The smallest absolute Gasteiger partial charge is 0.200 e. The Labute approximate surface area is 130 Å². The Morgan fingerprint density at radius 1 is 1.24 bits per heavy atom. The molecule has 4 nitrogen and oxygen atoms in total. The van der Waals surface area contributed by atoms with Crippen molar-refractivity contribution in [3.8, 4) is 0 Å². The summed E-state index contributed by atoms with van der Waals surface area (Å²) in [5.74, 6) is 1.95. The summed E-state index contributed by atoms with van der Waals surface area (Å²) in [6, 6.07) is 6.07. The van der Waals surface area contributed by atoms with E-state index in [1.165, 1.54) is 31.4 Å². The first-order chi connectivity index (χ1) is 9.95. The van der Waals surface area contributed by atoms with Crippen LogP contribution in [0.3, 0.4) is 0 Å². The van der Waals surface area contributed by atoms with Gasteiger partial charge in [-0.1, -0.05) is 18.0 Å². The molecular weight excluding hydrogens is 308 g/mol. The van der Waals surface area contributed by atoms with Gasteiger partial charge in [0, 0.05) is 16.7 Å². The van der Waals surface area contributed by atoms with Gasteiger partial charge in [-0.05, 0) is 62.3 Å². The SMILES string of the molecule is C/C(=N/NS(=O)(=O)c1ccc(Cl)cc1)[C@@H]1C[C@@H]2CC[C@@H]1C2. The third-order valence-electron chi connectivity index (χ3n) is 4.74. The summed E-state index contributed by atoms with van der Waals surface area (Å²) in [5.41, 5.74) is 0.903. The van der Waals surface area contributed by atoms with Crippen LogP contribution in [0.25, 0.3) is 0 Å². The van der Waals surface area contributed by atoms with Gasteiger partial charge in [0.25, 0.3) is 10.0 Å². The van der Waals surface area contributed by atoms with Crippen LogP contribution >= 0.6 is 11.6 Å². The van der Waals surface area contributed by atoms with E-state index in [9.17, 15) is 8.42 Å². The highest BCUT2D eigenvalue weighted by atomic mass is 35.5. The molecule has 3 atom stereocenters. The molecule has 0 saturated heterocycles. The van der Waals surface area contributed by atoms with Crippen molar-refractivity contribution in [2.45, 2.75) is 37.5 Å². The highest BCUT2D eigenvalue weighted by Gasteiger charge is 2.40. The minimum atomic E-state index is -3.61. The highest BCUT2D eigenvalue weighted by molar-refractivity contribution is 7.89. The van der Waals surface area contributed by atoms with Crippen LogP contribution < -0.4 is 4.83 Å². The zero-order valence-corrected chi connectivity index (χ0v) is 13.5. The lowest BCUT2D eigenvalue weighted by atomic mass is 9.86. The van der Waals surface area contributed by atoms with Crippen molar-refractivity contribution >= 4 is 27.3 Å². The zero-order valence-electron chi connectivity index (χ0n) is 11.9. The Balaban J connectivity index is 1.71. The van der Waals surface area contributed by atoms with Gasteiger partial charge in [0.05, 0.1) is 4.90 Å². The normalized spacial score (nSPS) is 28.9. The van der Waals surface area contributed by atoms with Gasteiger partial charge in [0.15, 0.2) is 0 Å². The van der Waals surface area contributed by atoms with Crippen LogP contribution in [-0.2, 0) is 10.0 Å². The lowest BCUT2D eigenvalue weighted by molar-refractivity contribution is 0.413. The summed E-state index contributed by atoms with van der Waals surface area (Å²) in [4.78, 5) is 2.53. The van der Waals surface area contributed by atoms with Crippen LogP contribution in [0.15, 0.2) is 34.3 Å². The first kappa shape index (κ1) is 14.9. The molecular formula is C15H19ClN2O2S. The molecule has 6 heteroatoms. The van der Waals surface area contributed by atoms with Gasteiger partial charge in [-0.2, -0.15) is 13.5 Å². The van der Waals surface area contributed by atoms with Gasteiger partial charge in [0.1, 0.15) is 0 Å². The fraction of sp³-hybridized carbons (Fsp3) is 0.533. The number of benzene rings is 1. The first-order valence-electron chi connectivity index (χ1n) is 7.27. The van der Waals surface area contributed by atoms with E-state index in [-0.39, 0.29) is 4.90 Å². The quantitative estimate of drug-likeness (QED) is 0.680. The maximum absolute atomic E-state index is 12.2. The van der Waals surface area contributed by atoms with Crippen LogP contribution in [0.4, 0.5) is 0 Å². The molecule has 114 valence electrons. The second-order valence-electron chi connectivity index (χ2n) is 6.08. The number of fused-ring (bicyclic) bond motifs is 2. The van der Waals surface area contributed by atoms with Gasteiger partial charge < -0.3 is 0 Å². The molecule has 0 spiro atoms. The van der Waals surface area contributed by atoms with E-state index < -0.39 is 10.0 Å². The number of hydrazone groups is 1. The molecule has 0 heterocycles. The predicted octanol–water partition coefficient (Wildman–Crippen LogP) is 3.43. The Kier molecular flexibility index (Phi) is 3.97. The van der Waals surface area contributed by atoms with Crippen molar-refractivity contribution in [2.24, 2.45) is 22.9 Å². The lowest BCUT2D eigenvalue weighted by Crippen LogP contribution is -2.24. The van der Waals surface area contributed by atoms with E-state index in [1.54, 1.807) is 12.1 Å². The fourth-order valence-corrected chi connectivity index (χ4v) is 4.63. The number of hydrogen-bond donors (Lipinski definition) is 1. The number of nitrogens with zero attached hydrogens (tertiary/aromatic N) is 1. The van der Waals surface area contributed by atoms with E-state index in [1.807, 2.05) is 6.92 Å². The van der Waals surface area contributed by atoms with Crippen LogP contribution in [0.5, 0.6) is 0 Å². The summed E-state index contributed by atoms with van der Waals surface area (Å²) in [7, 11) is -3.61.